The summed E-state index contributed by atoms with van der Waals surface area (Å²) in [6.07, 6.45) is 0.438. The van der Waals surface area contributed by atoms with Gasteiger partial charge in [-0.1, -0.05) is 60.3 Å². The number of anilines is 2. The average molecular weight is 644 g/mol. The number of aromatic nitrogens is 2. The van der Waals surface area contributed by atoms with Gasteiger partial charge in [-0.25, -0.2) is 9.78 Å². The van der Waals surface area contributed by atoms with E-state index >= 15 is 0 Å². The van der Waals surface area contributed by atoms with E-state index in [-0.39, 0.29) is 23.8 Å². The van der Waals surface area contributed by atoms with E-state index in [4.69, 9.17) is 14.5 Å². The molecule has 1 saturated heterocycles. The first-order chi connectivity index (χ1) is 22.9. The van der Waals surface area contributed by atoms with E-state index < -0.39 is 5.25 Å². The van der Waals surface area contributed by atoms with E-state index in [1.54, 1.807) is 0 Å². The van der Waals surface area contributed by atoms with E-state index in [9.17, 15) is 14.4 Å². The van der Waals surface area contributed by atoms with Crippen molar-refractivity contribution in [3.63, 3.8) is 0 Å². The third kappa shape index (κ3) is 6.75. The molecular formula is C36H29N5O5S. The molecule has 1 fully saturated rings. The maximum absolute atomic E-state index is 12.7. The highest BCUT2D eigenvalue weighted by atomic mass is 32.2. The standard InChI is InChI=1S/C36H29N5O5S/c1-41-31-20-27(46-26-14-13-23-8-6-12-29(28(23)19-26)39-35(43)37-24-9-3-2-4-10-24)15-16-30(31)38-33(41)21-45-25-11-5-7-22(17-25)18-32-34(42)40-36(44)47-32/h2-17,19-20,32H,18,21H2,1H3,(H2,37,39,43)(H,40,42,44). The number of aryl methyl sites for hydroxylation is 1. The number of imidazole rings is 1. The smallest absolute Gasteiger partial charge is 0.323 e. The quantitative estimate of drug-likeness (QED) is 0.148. The average Bonchev–Trinajstić information content (AvgIpc) is 3.56. The minimum Gasteiger partial charge on any atom is -0.486 e. The van der Waals surface area contributed by atoms with Crippen molar-refractivity contribution in [2.24, 2.45) is 7.05 Å². The normalized spacial score (nSPS) is 14.3. The third-order valence-electron chi connectivity index (χ3n) is 7.77. The van der Waals surface area contributed by atoms with E-state index in [0.29, 0.717) is 35.0 Å². The van der Waals surface area contributed by atoms with E-state index in [1.807, 2.05) is 121 Å². The van der Waals surface area contributed by atoms with Crippen molar-refractivity contribution in [2.75, 3.05) is 10.6 Å². The summed E-state index contributed by atoms with van der Waals surface area (Å²) < 4.78 is 14.3. The molecule has 0 saturated carbocycles. The summed E-state index contributed by atoms with van der Waals surface area (Å²) in [5.41, 5.74) is 3.95. The Morgan fingerprint density at radius 3 is 2.51 bits per heavy atom. The maximum atomic E-state index is 12.7. The SMILES string of the molecule is Cn1c(COc2cccc(CC3SC(=O)NC3=O)c2)nc2ccc(Oc3ccc4cccc(NC(=O)Nc5ccccc5)c4c3)cc21. The second-order valence-corrected chi connectivity index (χ2v) is 12.2. The number of hydrogen-bond donors (Lipinski definition) is 3. The van der Waals surface area contributed by atoms with Gasteiger partial charge in [0.25, 0.3) is 5.24 Å². The van der Waals surface area contributed by atoms with E-state index in [1.165, 1.54) is 0 Å². The van der Waals surface area contributed by atoms with Gasteiger partial charge >= 0.3 is 6.03 Å². The van der Waals surface area contributed by atoms with Gasteiger partial charge in [0.15, 0.2) is 0 Å². The third-order valence-corrected chi connectivity index (χ3v) is 8.75. The van der Waals surface area contributed by atoms with Crippen LogP contribution in [0.3, 0.4) is 0 Å². The fourth-order valence-electron chi connectivity index (χ4n) is 5.43. The number of ether oxygens (including phenoxy) is 2. The lowest BCUT2D eigenvalue weighted by molar-refractivity contribution is -0.118. The molecule has 7 rings (SSSR count). The number of nitrogens with zero attached hydrogens (tertiary/aromatic N) is 2. The van der Waals surface area contributed by atoms with Crippen LogP contribution in [-0.4, -0.2) is 32.0 Å². The van der Waals surface area contributed by atoms with Crippen molar-refractivity contribution in [1.82, 2.24) is 14.9 Å². The fourth-order valence-corrected chi connectivity index (χ4v) is 6.29. The van der Waals surface area contributed by atoms with E-state index in [0.717, 1.165) is 45.0 Å². The minimum absolute atomic E-state index is 0.236. The summed E-state index contributed by atoms with van der Waals surface area (Å²) in [6.45, 7) is 0.236. The van der Waals surface area contributed by atoms with Crippen molar-refractivity contribution >= 4 is 62.1 Å². The molecule has 47 heavy (non-hydrogen) atoms. The first-order valence-corrected chi connectivity index (χ1v) is 15.8. The molecule has 0 aliphatic carbocycles. The molecule has 1 aliphatic heterocycles. The van der Waals surface area contributed by atoms with Gasteiger partial charge in [0.05, 0.1) is 22.0 Å². The fraction of sp³-hybridized carbons (Fsp3) is 0.111. The first kappa shape index (κ1) is 29.9. The van der Waals surface area contributed by atoms with Crippen molar-refractivity contribution in [3.05, 3.63) is 121 Å². The number of amides is 4. The van der Waals surface area contributed by atoms with Crippen LogP contribution < -0.4 is 25.4 Å². The Kier molecular flexibility index (Phi) is 8.20. The highest BCUT2D eigenvalue weighted by molar-refractivity contribution is 8.15. The predicted molar refractivity (Wildman–Crippen MR) is 183 cm³/mol. The molecule has 5 aromatic carbocycles. The number of rotatable bonds is 9. The van der Waals surface area contributed by atoms with Gasteiger partial charge in [0.2, 0.25) is 5.91 Å². The molecule has 0 radical (unpaired) electrons. The molecule has 1 aromatic heterocycles. The van der Waals surface area contributed by atoms with Gasteiger partial charge in [-0.15, -0.1) is 0 Å². The lowest BCUT2D eigenvalue weighted by Crippen LogP contribution is -2.25. The second-order valence-electron chi connectivity index (χ2n) is 11.0. The summed E-state index contributed by atoms with van der Waals surface area (Å²) in [7, 11) is 1.93. The van der Waals surface area contributed by atoms with Gasteiger partial charge in [-0.2, -0.15) is 0 Å². The first-order valence-electron chi connectivity index (χ1n) is 14.9. The maximum Gasteiger partial charge on any atom is 0.323 e. The number of fused-ring (bicyclic) bond motifs is 2. The van der Waals surface area contributed by atoms with Crippen LogP contribution in [0.15, 0.2) is 109 Å². The Bertz CT molecular complexity index is 2150. The molecule has 6 aromatic rings. The van der Waals surface area contributed by atoms with Crippen LogP contribution in [0.1, 0.15) is 11.4 Å². The van der Waals surface area contributed by atoms with Gasteiger partial charge < -0.3 is 24.7 Å². The molecule has 4 amide bonds. The van der Waals surface area contributed by atoms with Crippen LogP contribution in [0.4, 0.5) is 21.0 Å². The largest absolute Gasteiger partial charge is 0.486 e. The monoisotopic (exact) mass is 643 g/mol. The van der Waals surface area contributed by atoms with Crippen LogP contribution in [0.25, 0.3) is 21.8 Å². The molecule has 1 atom stereocenters. The van der Waals surface area contributed by atoms with Crippen LogP contribution in [0.5, 0.6) is 17.2 Å². The summed E-state index contributed by atoms with van der Waals surface area (Å²) in [5.74, 6) is 2.38. The van der Waals surface area contributed by atoms with Crippen LogP contribution in [0, 0.1) is 0 Å². The molecule has 3 N–H and O–H groups in total. The Balaban J connectivity index is 1.04. The Hall–Kier alpha value is -5.81. The zero-order valence-corrected chi connectivity index (χ0v) is 26.0. The van der Waals surface area contributed by atoms with Gasteiger partial charge in [0, 0.05) is 24.2 Å². The number of carbonyl (C=O) groups is 3. The van der Waals surface area contributed by atoms with Gasteiger partial charge in [-0.05, 0) is 72.0 Å². The summed E-state index contributed by atoms with van der Waals surface area (Å²) in [6, 6.07) is 33.6. The molecule has 1 unspecified atom stereocenters. The lowest BCUT2D eigenvalue weighted by Gasteiger charge is -2.12. The topological polar surface area (TPSA) is 124 Å². The molecule has 1 aliphatic rings. The molecule has 234 valence electrons. The number of thioether (sulfide) groups is 1. The van der Waals surface area contributed by atoms with Crippen molar-refractivity contribution < 1.29 is 23.9 Å². The molecule has 11 heteroatoms. The Morgan fingerprint density at radius 1 is 0.872 bits per heavy atom. The van der Waals surface area contributed by atoms with Crippen molar-refractivity contribution in [1.29, 1.82) is 0 Å². The van der Waals surface area contributed by atoms with Crippen molar-refractivity contribution in [3.8, 4) is 17.2 Å². The number of para-hydroxylation sites is 1. The number of carbonyl (C=O) groups excluding carboxylic acids is 3. The highest BCUT2D eigenvalue weighted by Gasteiger charge is 2.31. The predicted octanol–water partition coefficient (Wildman–Crippen LogP) is 7.64. The van der Waals surface area contributed by atoms with Gasteiger partial charge in [-0.3, -0.25) is 14.9 Å². The Labute approximate surface area is 274 Å². The lowest BCUT2D eigenvalue weighted by atomic mass is 10.1. The van der Waals surface area contributed by atoms with Crippen molar-refractivity contribution in [2.45, 2.75) is 18.3 Å². The molecule has 0 spiro atoms. The van der Waals surface area contributed by atoms with Crippen LogP contribution in [0.2, 0.25) is 0 Å². The zero-order chi connectivity index (χ0) is 32.3. The molecule has 2 heterocycles. The highest BCUT2D eigenvalue weighted by Crippen LogP contribution is 2.32. The zero-order valence-electron chi connectivity index (χ0n) is 25.2. The number of urea groups is 1. The Morgan fingerprint density at radius 2 is 1.68 bits per heavy atom. The van der Waals surface area contributed by atoms with E-state index in [2.05, 4.69) is 16.0 Å². The number of nitrogens with one attached hydrogen (secondary N) is 3. The number of imide groups is 1. The molecular weight excluding hydrogens is 614 g/mol. The number of hydrogen-bond acceptors (Lipinski definition) is 7. The molecule has 10 nitrogen and oxygen atoms in total. The summed E-state index contributed by atoms with van der Waals surface area (Å²) in [4.78, 5) is 40.9. The number of benzene rings is 5. The summed E-state index contributed by atoms with van der Waals surface area (Å²) >= 11 is 1.01. The minimum atomic E-state index is -0.436. The van der Waals surface area contributed by atoms with Crippen LogP contribution in [-0.2, 0) is 24.9 Å². The molecule has 0 bridgehead atoms. The van der Waals surface area contributed by atoms with Gasteiger partial charge in [0.1, 0.15) is 29.7 Å². The van der Waals surface area contributed by atoms with Crippen LogP contribution >= 0.6 is 11.8 Å². The summed E-state index contributed by atoms with van der Waals surface area (Å²) in [5, 5.41) is 9.18. The second kappa shape index (κ2) is 12.9.